The first kappa shape index (κ1) is 12.3. The first-order valence-corrected chi connectivity index (χ1v) is 7.29. The van der Waals surface area contributed by atoms with Gasteiger partial charge < -0.3 is 10.6 Å². The Hall–Kier alpha value is -1.69. The van der Waals surface area contributed by atoms with Gasteiger partial charge in [-0.3, -0.25) is 4.79 Å². The summed E-state index contributed by atoms with van der Waals surface area (Å²) in [4.78, 5) is 23.3. The number of carbonyl (C=O) groups excluding carboxylic acids is 1. The molecule has 2 N–H and O–H groups in total. The maximum absolute atomic E-state index is 11.4. The highest BCUT2D eigenvalue weighted by atomic mass is 32.1. The zero-order valence-electron chi connectivity index (χ0n) is 10.7. The number of primary amides is 1. The molecule has 3 rings (SSSR count). The fourth-order valence-electron chi connectivity index (χ4n) is 2.64. The predicted octanol–water partition coefficient (Wildman–Crippen LogP) is 1.78. The van der Waals surface area contributed by atoms with Crippen molar-refractivity contribution in [3.63, 3.8) is 0 Å². The van der Waals surface area contributed by atoms with Crippen LogP contribution in [-0.4, -0.2) is 28.5 Å². The largest absolute Gasteiger partial charge is 0.369 e. The summed E-state index contributed by atoms with van der Waals surface area (Å²) in [5.41, 5.74) is 5.45. The van der Waals surface area contributed by atoms with Crippen LogP contribution in [0.4, 0.5) is 5.82 Å². The van der Waals surface area contributed by atoms with Gasteiger partial charge in [0.05, 0.1) is 11.3 Å². The van der Waals surface area contributed by atoms with E-state index in [1.54, 1.807) is 17.7 Å². The summed E-state index contributed by atoms with van der Waals surface area (Å²) in [6, 6.07) is 2.41. The molecular weight excluding hydrogens is 260 g/mol. The molecule has 0 aliphatic carbocycles. The number of anilines is 1. The number of piperidine rings is 1. The van der Waals surface area contributed by atoms with Gasteiger partial charge in [-0.15, -0.1) is 11.3 Å². The first-order valence-electron chi connectivity index (χ1n) is 6.41. The molecule has 100 valence electrons. The molecule has 5 nitrogen and oxygen atoms in total. The molecule has 1 aliphatic rings. The second kappa shape index (κ2) is 4.77. The van der Waals surface area contributed by atoms with E-state index >= 15 is 0 Å². The van der Waals surface area contributed by atoms with Gasteiger partial charge in [-0.05, 0) is 31.2 Å². The van der Waals surface area contributed by atoms with Gasteiger partial charge >= 0.3 is 0 Å². The summed E-state index contributed by atoms with van der Waals surface area (Å²) in [6.45, 7) is 2.82. The number of carbonyl (C=O) groups is 1. The second-order valence-electron chi connectivity index (χ2n) is 5.01. The molecule has 0 saturated carbocycles. The van der Waals surface area contributed by atoms with E-state index in [1.165, 1.54) is 0 Å². The number of thiophene rings is 1. The minimum Gasteiger partial charge on any atom is -0.369 e. The van der Waals surface area contributed by atoms with Crippen LogP contribution in [0.15, 0.2) is 17.8 Å². The Kier molecular flexibility index (Phi) is 3.10. The molecule has 1 amide bonds. The molecule has 1 fully saturated rings. The van der Waals surface area contributed by atoms with E-state index in [9.17, 15) is 4.79 Å². The van der Waals surface area contributed by atoms with Gasteiger partial charge in [-0.1, -0.05) is 0 Å². The van der Waals surface area contributed by atoms with Crippen LogP contribution in [0.2, 0.25) is 0 Å². The van der Waals surface area contributed by atoms with Crippen LogP contribution >= 0.6 is 11.3 Å². The molecule has 6 heteroatoms. The maximum atomic E-state index is 11.4. The minimum absolute atomic E-state index is 0.0835. The normalized spacial score (nSPS) is 23.7. The SMILES string of the molecule is CC1CCC(C(N)=O)CN1c1ncnc2sccc12. The van der Waals surface area contributed by atoms with Gasteiger partial charge in [-0.2, -0.15) is 0 Å². The molecule has 0 aromatic carbocycles. The van der Waals surface area contributed by atoms with Crippen LogP contribution in [0.5, 0.6) is 0 Å². The van der Waals surface area contributed by atoms with Crippen LogP contribution < -0.4 is 10.6 Å². The molecule has 0 bridgehead atoms. The first-order chi connectivity index (χ1) is 9.16. The Bertz CT molecular complexity index is 611. The van der Waals surface area contributed by atoms with E-state index in [2.05, 4.69) is 21.8 Å². The van der Waals surface area contributed by atoms with Gasteiger partial charge in [0, 0.05) is 12.6 Å². The number of aromatic nitrogens is 2. The Balaban J connectivity index is 1.99. The third-order valence-corrected chi connectivity index (χ3v) is 4.62. The van der Waals surface area contributed by atoms with Crippen molar-refractivity contribution >= 4 is 33.3 Å². The van der Waals surface area contributed by atoms with E-state index in [0.717, 1.165) is 28.9 Å². The highest BCUT2D eigenvalue weighted by Gasteiger charge is 2.30. The van der Waals surface area contributed by atoms with Crippen molar-refractivity contribution in [2.45, 2.75) is 25.8 Å². The van der Waals surface area contributed by atoms with Crippen molar-refractivity contribution in [1.82, 2.24) is 9.97 Å². The number of nitrogens with zero attached hydrogens (tertiary/aromatic N) is 3. The lowest BCUT2D eigenvalue weighted by Gasteiger charge is -2.37. The smallest absolute Gasteiger partial charge is 0.222 e. The molecule has 2 atom stereocenters. The molecule has 2 aromatic rings. The van der Waals surface area contributed by atoms with Gasteiger partial charge in [0.25, 0.3) is 0 Å². The van der Waals surface area contributed by atoms with Gasteiger partial charge in [-0.25, -0.2) is 9.97 Å². The number of nitrogens with two attached hydrogens (primary N) is 1. The van der Waals surface area contributed by atoms with Crippen molar-refractivity contribution in [1.29, 1.82) is 0 Å². The Morgan fingerprint density at radius 2 is 2.32 bits per heavy atom. The number of hydrogen-bond donors (Lipinski definition) is 1. The summed E-state index contributed by atoms with van der Waals surface area (Å²) in [6.07, 6.45) is 3.42. The maximum Gasteiger partial charge on any atom is 0.222 e. The molecule has 1 saturated heterocycles. The van der Waals surface area contributed by atoms with E-state index < -0.39 is 0 Å². The molecule has 19 heavy (non-hydrogen) atoms. The van der Waals surface area contributed by atoms with Crippen molar-refractivity contribution in [2.75, 3.05) is 11.4 Å². The van der Waals surface area contributed by atoms with E-state index in [4.69, 9.17) is 5.73 Å². The summed E-state index contributed by atoms with van der Waals surface area (Å²) in [5, 5.41) is 3.08. The molecule has 2 unspecified atom stereocenters. The molecule has 2 aromatic heterocycles. The number of fused-ring (bicyclic) bond motifs is 1. The monoisotopic (exact) mass is 276 g/mol. The van der Waals surface area contributed by atoms with Crippen LogP contribution in [0, 0.1) is 5.92 Å². The Morgan fingerprint density at radius 1 is 1.47 bits per heavy atom. The summed E-state index contributed by atoms with van der Waals surface area (Å²) < 4.78 is 0. The van der Waals surface area contributed by atoms with Crippen LogP contribution in [-0.2, 0) is 4.79 Å². The summed E-state index contributed by atoms with van der Waals surface area (Å²) in [5.74, 6) is 0.622. The molecule has 1 aliphatic heterocycles. The van der Waals surface area contributed by atoms with E-state index in [0.29, 0.717) is 12.6 Å². The van der Waals surface area contributed by atoms with E-state index in [-0.39, 0.29) is 11.8 Å². The lowest BCUT2D eigenvalue weighted by molar-refractivity contribution is -0.122. The fraction of sp³-hybridized carbons (Fsp3) is 0.462. The van der Waals surface area contributed by atoms with Crippen LogP contribution in [0.3, 0.4) is 0 Å². The van der Waals surface area contributed by atoms with Crippen molar-refractivity contribution in [3.05, 3.63) is 17.8 Å². The Morgan fingerprint density at radius 3 is 3.11 bits per heavy atom. The van der Waals surface area contributed by atoms with E-state index in [1.807, 2.05) is 11.4 Å². The van der Waals surface area contributed by atoms with Crippen molar-refractivity contribution in [2.24, 2.45) is 11.7 Å². The predicted molar refractivity (Wildman–Crippen MR) is 76.1 cm³/mol. The zero-order chi connectivity index (χ0) is 13.4. The molecular formula is C13H16N4OS. The molecule has 0 spiro atoms. The third kappa shape index (κ3) is 2.16. The minimum atomic E-state index is -0.215. The number of rotatable bonds is 2. The lowest BCUT2D eigenvalue weighted by Crippen LogP contribution is -2.46. The topological polar surface area (TPSA) is 72.1 Å². The zero-order valence-corrected chi connectivity index (χ0v) is 11.6. The average molecular weight is 276 g/mol. The summed E-state index contributed by atoms with van der Waals surface area (Å²) in [7, 11) is 0. The van der Waals surface area contributed by atoms with Gasteiger partial charge in [0.1, 0.15) is 17.0 Å². The third-order valence-electron chi connectivity index (χ3n) is 3.80. The van der Waals surface area contributed by atoms with Crippen molar-refractivity contribution in [3.8, 4) is 0 Å². The summed E-state index contributed by atoms with van der Waals surface area (Å²) >= 11 is 1.60. The Labute approximate surface area is 115 Å². The van der Waals surface area contributed by atoms with Crippen LogP contribution in [0.25, 0.3) is 10.2 Å². The molecule has 0 radical (unpaired) electrons. The van der Waals surface area contributed by atoms with Crippen LogP contribution in [0.1, 0.15) is 19.8 Å². The second-order valence-corrected chi connectivity index (χ2v) is 5.91. The highest BCUT2D eigenvalue weighted by Crippen LogP contribution is 2.32. The quantitative estimate of drug-likeness (QED) is 0.907. The standard InChI is InChI=1S/C13H16N4OS/c1-8-2-3-9(11(14)18)6-17(8)12-10-4-5-19-13(10)16-7-15-12/h4-5,7-9H,2-3,6H2,1H3,(H2,14,18). The molecule has 3 heterocycles. The van der Waals surface area contributed by atoms with Crippen molar-refractivity contribution < 1.29 is 4.79 Å². The lowest BCUT2D eigenvalue weighted by atomic mass is 9.93. The van der Waals surface area contributed by atoms with Gasteiger partial charge in [0.2, 0.25) is 5.91 Å². The number of hydrogen-bond acceptors (Lipinski definition) is 5. The average Bonchev–Trinajstić information content (AvgIpc) is 2.87. The van der Waals surface area contributed by atoms with Gasteiger partial charge in [0.15, 0.2) is 0 Å². The number of amides is 1. The fourth-order valence-corrected chi connectivity index (χ4v) is 3.37. The highest BCUT2D eigenvalue weighted by molar-refractivity contribution is 7.16.